The van der Waals surface area contributed by atoms with Gasteiger partial charge in [-0.1, -0.05) is 36.4 Å². The first kappa shape index (κ1) is 21.1. The van der Waals surface area contributed by atoms with Crippen LogP contribution in [0.1, 0.15) is 29.6 Å². The molecule has 0 atom stereocenters. The zero-order valence-corrected chi connectivity index (χ0v) is 19.0. The van der Waals surface area contributed by atoms with Crippen molar-refractivity contribution in [3.8, 4) is 0 Å². The van der Waals surface area contributed by atoms with Gasteiger partial charge in [0.15, 0.2) is 11.6 Å². The van der Waals surface area contributed by atoms with Gasteiger partial charge >= 0.3 is 0 Å². The second-order valence-corrected chi connectivity index (χ2v) is 8.53. The number of carbonyl (C=O) groups excluding carboxylic acids is 1. The number of amides is 1. The Morgan fingerprint density at radius 1 is 1.06 bits per heavy atom. The van der Waals surface area contributed by atoms with E-state index in [0.717, 1.165) is 48.8 Å². The molecule has 3 aromatic rings. The van der Waals surface area contributed by atoms with Crippen LogP contribution >= 0.6 is 0 Å². The molecule has 5 rings (SSSR count). The van der Waals surface area contributed by atoms with E-state index in [4.69, 9.17) is 9.97 Å². The zero-order valence-electron chi connectivity index (χ0n) is 19.0. The first-order valence-electron chi connectivity index (χ1n) is 11.2. The zero-order chi connectivity index (χ0) is 22.8. The Morgan fingerprint density at radius 3 is 2.61 bits per heavy atom. The predicted molar refractivity (Wildman–Crippen MR) is 129 cm³/mol. The molecule has 2 N–H and O–H groups in total. The number of nitrogens with one attached hydrogen (secondary N) is 2. The molecule has 0 spiro atoms. The van der Waals surface area contributed by atoms with Crippen molar-refractivity contribution in [2.75, 3.05) is 43.4 Å². The van der Waals surface area contributed by atoms with Gasteiger partial charge in [-0.15, -0.1) is 0 Å². The van der Waals surface area contributed by atoms with Crippen LogP contribution in [0.25, 0.3) is 12.2 Å². The fourth-order valence-corrected chi connectivity index (χ4v) is 4.11. The summed E-state index contributed by atoms with van der Waals surface area (Å²) < 4.78 is 0. The van der Waals surface area contributed by atoms with E-state index in [1.807, 2.05) is 48.6 Å². The average molecular weight is 445 g/mol. The van der Waals surface area contributed by atoms with Crippen molar-refractivity contribution in [2.45, 2.75) is 20.0 Å². The van der Waals surface area contributed by atoms with Crippen LogP contribution in [-0.2, 0) is 17.9 Å². The number of nitrogens with zero attached hydrogens (tertiary/aromatic N) is 6. The summed E-state index contributed by atoms with van der Waals surface area (Å²) in [6.45, 7) is 6.51. The number of hydrogen-bond donors (Lipinski definition) is 2. The van der Waals surface area contributed by atoms with Crippen LogP contribution in [-0.4, -0.2) is 69.1 Å². The van der Waals surface area contributed by atoms with Crippen LogP contribution < -0.4 is 10.2 Å². The minimum atomic E-state index is 0.0540. The standard InChI is InChI=1S/C24H28N8O/c1-17(33)32-15-19-20(16-32)28-29-24(19)27-22-14-23(31-12-10-30(2)11-13-31)26-21(25-22)9-8-18-6-4-3-5-7-18/h3-9,14H,10-13,15-16H2,1-2H3,(H2,25,26,27,28,29). The third kappa shape index (κ3) is 4.73. The van der Waals surface area contributed by atoms with Gasteiger partial charge in [-0.05, 0) is 18.7 Å². The Balaban J connectivity index is 1.44. The van der Waals surface area contributed by atoms with Gasteiger partial charge < -0.3 is 20.0 Å². The minimum absolute atomic E-state index is 0.0540. The molecule has 2 aliphatic rings. The van der Waals surface area contributed by atoms with Crippen molar-refractivity contribution in [1.29, 1.82) is 0 Å². The van der Waals surface area contributed by atoms with Gasteiger partial charge in [0.25, 0.3) is 0 Å². The van der Waals surface area contributed by atoms with Crippen molar-refractivity contribution >= 4 is 35.5 Å². The Hall–Kier alpha value is -3.72. The maximum atomic E-state index is 11.8. The summed E-state index contributed by atoms with van der Waals surface area (Å²) in [7, 11) is 2.14. The quantitative estimate of drug-likeness (QED) is 0.625. The third-order valence-corrected chi connectivity index (χ3v) is 6.12. The summed E-state index contributed by atoms with van der Waals surface area (Å²) in [5.74, 6) is 2.97. The topological polar surface area (TPSA) is 93.3 Å². The van der Waals surface area contributed by atoms with E-state index < -0.39 is 0 Å². The Labute approximate surface area is 193 Å². The van der Waals surface area contributed by atoms with Crippen molar-refractivity contribution in [3.63, 3.8) is 0 Å². The van der Waals surface area contributed by atoms with E-state index in [2.05, 4.69) is 32.4 Å². The number of aromatic nitrogens is 4. The van der Waals surface area contributed by atoms with E-state index in [9.17, 15) is 4.79 Å². The molecule has 0 bridgehead atoms. The Kier molecular flexibility index (Phi) is 5.78. The number of likely N-dealkylation sites (N-methyl/N-ethyl adjacent to an activating group) is 1. The highest BCUT2D eigenvalue weighted by atomic mass is 16.2. The van der Waals surface area contributed by atoms with Gasteiger partial charge in [0.1, 0.15) is 11.6 Å². The maximum absolute atomic E-state index is 11.8. The second-order valence-electron chi connectivity index (χ2n) is 8.53. The predicted octanol–water partition coefficient (Wildman–Crippen LogP) is 2.73. The summed E-state index contributed by atoms with van der Waals surface area (Å²) in [6.07, 6.45) is 3.95. The highest BCUT2D eigenvalue weighted by molar-refractivity contribution is 5.75. The van der Waals surface area contributed by atoms with Crippen molar-refractivity contribution in [3.05, 3.63) is 59.0 Å². The molecule has 1 aromatic carbocycles. The molecule has 1 fully saturated rings. The van der Waals surface area contributed by atoms with Crippen LogP contribution in [0.3, 0.4) is 0 Å². The molecule has 0 saturated carbocycles. The SMILES string of the molecule is CC(=O)N1Cc2[nH]nc(Nc3cc(N4CCN(C)CC4)nc(C=Cc4ccccc4)n3)c2C1. The smallest absolute Gasteiger partial charge is 0.220 e. The molecule has 1 saturated heterocycles. The third-order valence-electron chi connectivity index (χ3n) is 6.12. The second kappa shape index (κ2) is 9.03. The summed E-state index contributed by atoms with van der Waals surface area (Å²) in [5, 5.41) is 10.9. The number of anilines is 3. The lowest BCUT2D eigenvalue weighted by molar-refractivity contribution is -0.129. The molecule has 33 heavy (non-hydrogen) atoms. The van der Waals surface area contributed by atoms with E-state index in [1.165, 1.54) is 0 Å². The van der Waals surface area contributed by atoms with Crippen LogP contribution in [0, 0.1) is 0 Å². The van der Waals surface area contributed by atoms with Gasteiger partial charge in [-0.2, -0.15) is 5.10 Å². The van der Waals surface area contributed by atoms with Crippen molar-refractivity contribution in [2.24, 2.45) is 0 Å². The Morgan fingerprint density at radius 2 is 1.85 bits per heavy atom. The monoisotopic (exact) mass is 444 g/mol. The lowest BCUT2D eigenvalue weighted by Gasteiger charge is -2.33. The minimum Gasteiger partial charge on any atom is -0.354 e. The fraction of sp³-hybridized carbons (Fsp3) is 0.333. The van der Waals surface area contributed by atoms with E-state index >= 15 is 0 Å². The number of benzene rings is 1. The van der Waals surface area contributed by atoms with Gasteiger partial charge in [-0.3, -0.25) is 9.89 Å². The largest absolute Gasteiger partial charge is 0.354 e. The maximum Gasteiger partial charge on any atom is 0.220 e. The van der Waals surface area contributed by atoms with Crippen LogP contribution in [0.15, 0.2) is 36.4 Å². The lowest BCUT2D eigenvalue weighted by Crippen LogP contribution is -2.44. The summed E-state index contributed by atoms with van der Waals surface area (Å²) in [6, 6.07) is 12.1. The van der Waals surface area contributed by atoms with E-state index in [0.29, 0.717) is 30.5 Å². The highest BCUT2D eigenvalue weighted by Gasteiger charge is 2.27. The fourth-order valence-electron chi connectivity index (χ4n) is 4.11. The van der Waals surface area contributed by atoms with Crippen LogP contribution in [0.4, 0.5) is 17.5 Å². The van der Waals surface area contributed by atoms with Gasteiger partial charge in [0.2, 0.25) is 5.91 Å². The number of carbonyl (C=O) groups is 1. The summed E-state index contributed by atoms with van der Waals surface area (Å²) in [4.78, 5) is 27.7. The normalized spacial score (nSPS) is 16.4. The molecule has 0 aliphatic carbocycles. The van der Waals surface area contributed by atoms with Gasteiger partial charge in [-0.25, -0.2) is 9.97 Å². The Bertz CT molecular complexity index is 1160. The van der Waals surface area contributed by atoms with Gasteiger partial charge in [0.05, 0.1) is 18.8 Å². The molecular weight excluding hydrogens is 416 g/mol. The number of piperazine rings is 1. The molecule has 2 aromatic heterocycles. The molecule has 0 unspecified atom stereocenters. The molecule has 2 aliphatic heterocycles. The van der Waals surface area contributed by atoms with Crippen LogP contribution in [0.2, 0.25) is 0 Å². The number of hydrogen-bond acceptors (Lipinski definition) is 7. The number of aromatic amines is 1. The van der Waals surface area contributed by atoms with Gasteiger partial charge in [0, 0.05) is 44.7 Å². The highest BCUT2D eigenvalue weighted by Crippen LogP contribution is 2.29. The van der Waals surface area contributed by atoms with Crippen LogP contribution in [0.5, 0.6) is 0 Å². The van der Waals surface area contributed by atoms with E-state index in [1.54, 1.807) is 11.8 Å². The molecular formula is C24H28N8O. The number of fused-ring (bicyclic) bond motifs is 1. The summed E-state index contributed by atoms with van der Waals surface area (Å²) >= 11 is 0. The van der Waals surface area contributed by atoms with E-state index in [-0.39, 0.29) is 5.91 Å². The molecule has 1 amide bonds. The van der Waals surface area contributed by atoms with Crippen molar-refractivity contribution in [1.82, 2.24) is 30.0 Å². The first-order valence-corrected chi connectivity index (χ1v) is 11.2. The average Bonchev–Trinajstić information content (AvgIpc) is 3.41. The molecule has 9 heteroatoms. The molecule has 170 valence electrons. The molecule has 0 radical (unpaired) electrons. The molecule has 9 nitrogen and oxygen atoms in total. The summed E-state index contributed by atoms with van der Waals surface area (Å²) in [5.41, 5.74) is 3.06. The number of H-pyrrole nitrogens is 1. The number of rotatable bonds is 5. The molecule has 4 heterocycles. The lowest BCUT2D eigenvalue weighted by atomic mass is 10.2. The first-order chi connectivity index (χ1) is 16.0. The van der Waals surface area contributed by atoms with Crippen molar-refractivity contribution < 1.29 is 4.79 Å².